The number of pyridine rings is 1. The number of aromatic nitrogens is 3. The Morgan fingerprint density at radius 3 is 3.08 bits per heavy atom. The van der Waals surface area contributed by atoms with Crippen LogP contribution in [0.1, 0.15) is 29.8 Å². The van der Waals surface area contributed by atoms with Gasteiger partial charge in [-0.3, -0.25) is 4.79 Å². The van der Waals surface area contributed by atoms with Crippen LogP contribution in [0.5, 0.6) is 5.88 Å². The minimum Gasteiger partial charge on any atom is -0.477 e. The highest BCUT2D eigenvalue weighted by Gasteiger charge is 2.48. The van der Waals surface area contributed by atoms with Gasteiger partial charge in [0.05, 0.1) is 12.7 Å². The number of piperidine rings is 1. The zero-order chi connectivity index (χ0) is 17.8. The van der Waals surface area contributed by atoms with E-state index in [4.69, 9.17) is 9.47 Å². The van der Waals surface area contributed by atoms with Gasteiger partial charge in [-0.25, -0.2) is 15.0 Å². The van der Waals surface area contributed by atoms with Gasteiger partial charge in [0.15, 0.2) is 0 Å². The predicted molar refractivity (Wildman–Crippen MR) is 93.7 cm³/mol. The maximum Gasteiger partial charge on any atom is 0.272 e. The fraction of sp³-hybridized carbons (Fsp3) is 0.474. The van der Waals surface area contributed by atoms with Crippen molar-refractivity contribution in [1.82, 2.24) is 19.9 Å². The minimum absolute atomic E-state index is 0.0614. The van der Waals surface area contributed by atoms with Crippen molar-refractivity contribution >= 4 is 5.91 Å². The first-order valence-corrected chi connectivity index (χ1v) is 8.98. The van der Waals surface area contributed by atoms with Crippen molar-refractivity contribution < 1.29 is 14.3 Å². The van der Waals surface area contributed by atoms with Crippen molar-refractivity contribution in [3.05, 3.63) is 48.7 Å². The van der Waals surface area contributed by atoms with E-state index in [0.717, 1.165) is 25.9 Å². The van der Waals surface area contributed by atoms with E-state index >= 15 is 0 Å². The fourth-order valence-corrected chi connectivity index (χ4v) is 3.90. The molecule has 0 bridgehead atoms. The molecule has 7 heteroatoms. The largest absolute Gasteiger partial charge is 0.477 e. The first-order valence-electron chi connectivity index (χ1n) is 8.98. The van der Waals surface area contributed by atoms with E-state index in [1.165, 1.54) is 6.33 Å². The van der Waals surface area contributed by atoms with Crippen LogP contribution < -0.4 is 4.74 Å². The van der Waals surface area contributed by atoms with Gasteiger partial charge in [-0.15, -0.1) is 0 Å². The number of likely N-dealkylation sites (tertiary alicyclic amines) is 1. The monoisotopic (exact) mass is 354 g/mol. The Bertz CT molecular complexity index is 743. The SMILES string of the molecule is O=C(c1ccncn1)N1CC[C@@H]2OCCC[C@@]2(COc2ccccn2)C1. The summed E-state index contributed by atoms with van der Waals surface area (Å²) in [6.45, 7) is 2.53. The molecule has 2 fully saturated rings. The molecular weight excluding hydrogens is 332 g/mol. The molecule has 0 saturated carbocycles. The van der Waals surface area contributed by atoms with Crippen molar-refractivity contribution in [1.29, 1.82) is 0 Å². The first-order chi connectivity index (χ1) is 12.8. The lowest BCUT2D eigenvalue weighted by molar-refractivity contribution is -0.133. The lowest BCUT2D eigenvalue weighted by atomic mass is 9.73. The Morgan fingerprint density at radius 1 is 1.31 bits per heavy atom. The Labute approximate surface area is 152 Å². The number of carbonyl (C=O) groups excluding carboxylic acids is 1. The number of nitrogens with zero attached hydrogens (tertiary/aromatic N) is 4. The van der Waals surface area contributed by atoms with Crippen LogP contribution in [-0.4, -0.2) is 58.2 Å². The summed E-state index contributed by atoms with van der Waals surface area (Å²) in [7, 11) is 0. The van der Waals surface area contributed by atoms with E-state index in [-0.39, 0.29) is 17.4 Å². The number of hydrogen-bond donors (Lipinski definition) is 0. The van der Waals surface area contributed by atoms with Gasteiger partial charge in [0.1, 0.15) is 12.0 Å². The maximum absolute atomic E-state index is 12.8. The predicted octanol–water partition coefficient (Wildman–Crippen LogP) is 1.96. The molecule has 0 radical (unpaired) electrons. The number of rotatable bonds is 4. The van der Waals surface area contributed by atoms with Crippen molar-refractivity contribution in [2.45, 2.75) is 25.4 Å². The van der Waals surface area contributed by atoms with Crippen LogP contribution in [-0.2, 0) is 4.74 Å². The van der Waals surface area contributed by atoms with Gasteiger partial charge in [-0.05, 0) is 31.4 Å². The second-order valence-electron chi connectivity index (χ2n) is 6.89. The number of fused-ring (bicyclic) bond motifs is 1. The molecule has 0 aliphatic carbocycles. The van der Waals surface area contributed by atoms with Crippen molar-refractivity contribution in [3.63, 3.8) is 0 Å². The van der Waals surface area contributed by atoms with E-state index in [2.05, 4.69) is 15.0 Å². The normalized spacial score (nSPS) is 25.4. The highest BCUT2D eigenvalue weighted by Crippen LogP contribution is 2.40. The molecule has 0 spiro atoms. The molecule has 136 valence electrons. The molecule has 7 nitrogen and oxygen atoms in total. The quantitative estimate of drug-likeness (QED) is 0.835. The average molecular weight is 354 g/mol. The van der Waals surface area contributed by atoms with Gasteiger partial charge < -0.3 is 14.4 Å². The van der Waals surface area contributed by atoms with Gasteiger partial charge in [0, 0.05) is 43.6 Å². The molecule has 2 aliphatic rings. The Kier molecular flexibility index (Phi) is 4.79. The number of ether oxygens (including phenoxy) is 2. The van der Waals surface area contributed by atoms with E-state index in [1.807, 2.05) is 23.1 Å². The third kappa shape index (κ3) is 3.39. The van der Waals surface area contributed by atoms with E-state index in [9.17, 15) is 4.79 Å². The summed E-state index contributed by atoms with van der Waals surface area (Å²) in [4.78, 5) is 26.9. The molecule has 2 aromatic heterocycles. The van der Waals surface area contributed by atoms with Crippen LogP contribution in [0.3, 0.4) is 0 Å². The highest BCUT2D eigenvalue weighted by molar-refractivity contribution is 5.92. The number of hydrogen-bond acceptors (Lipinski definition) is 6. The molecule has 0 aromatic carbocycles. The summed E-state index contributed by atoms with van der Waals surface area (Å²) in [6.07, 6.45) is 7.57. The van der Waals surface area contributed by atoms with Crippen LogP contribution >= 0.6 is 0 Å². The average Bonchev–Trinajstić information content (AvgIpc) is 2.73. The van der Waals surface area contributed by atoms with Crippen molar-refractivity contribution in [3.8, 4) is 5.88 Å². The third-order valence-electron chi connectivity index (χ3n) is 5.22. The standard InChI is InChI=1S/C19H22N4O3/c24-18(15-5-9-20-14-22-15)23-10-6-16-19(12-23,7-3-11-25-16)13-26-17-4-1-2-8-21-17/h1-2,4-5,8-9,14,16H,3,6-7,10-13H2/t16-,19-/m0/s1. The molecule has 2 saturated heterocycles. The lowest BCUT2D eigenvalue weighted by Crippen LogP contribution is -2.58. The Balaban J connectivity index is 1.52. The zero-order valence-electron chi connectivity index (χ0n) is 14.6. The van der Waals surface area contributed by atoms with Crippen LogP contribution in [0.4, 0.5) is 0 Å². The number of carbonyl (C=O) groups is 1. The summed E-state index contributed by atoms with van der Waals surface area (Å²) in [6, 6.07) is 7.27. The summed E-state index contributed by atoms with van der Waals surface area (Å²) < 4.78 is 12.0. The lowest BCUT2D eigenvalue weighted by Gasteiger charge is -2.49. The summed E-state index contributed by atoms with van der Waals surface area (Å²) >= 11 is 0. The molecular formula is C19H22N4O3. The Morgan fingerprint density at radius 2 is 2.27 bits per heavy atom. The van der Waals surface area contributed by atoms with Crippen molar-refractivity contribution in [2.75, 3.05) is 26.3 Å². The molecule has 26 heavy (non-hydrogen) atoms. The van der Waals surface area contributed by atoms with Gasteiger partial charge in [-0.1, -0.05) is 6.07 Å². The van der Waals surface area contributed by atoms with E-state index < -0.39 is 0 Å². The molecule has 0 N–H and O–H groups in total. The maximum atomic E-state index is 12.8. The van der Waals surface area contributed by atoms with Crippen molar-refractivity contribution in [2.24, 2.45) is 5.41 Å². The molecule has 2 aliphatic heterocycles. The summed E-state index contributed by atoms with van der Waals surface area (Å²) in [5.41, 5.74) is 0.215. The first kappa shape index (κ1) is 16.9. The van der Waals surface area contributed by atoms with E-state index in [1.54, 1.807) is 18.5 Å². The molecule has 0 unspecified atom stereocenters. The smallest absolute Gasteiger partial charge is 0.272 e. The molecule has 4 rings (SSSR count). The molecule has 2 atom stereocenters. The van der Waals surface area contributed by atoms with Gasteiger partial charge in [-0.2, -0.15) is 0 Å². The highest BCUT2D eigenvalue weighted by atomic mass is 16.5. The van der Waals surface area contributed by atoms with E-state index in [0.29, 0.717) is 31.3 Å². The minimum atomic E-state index is -0.212. The van der Waals surface area contributed by atoms with Crippen LogP contribution in [0.25, 0.3) is 0 Å². The molecule has 1 amide bonds. The molecule has 2 aromatic rings. The van der Waals surface area contributed by atoms with Crippen LogP contribution in [0, 0.1) is 5.41 Å². The zero-order valence-corrected chi connectivity index (χ0v) is 14.6. The van der Waals surface area contributed by atoms with Crippen LogP contribution in [0.2, 0.25) is 0 Å². The third-order valence-corrected chi connectivity index (χ3v) is 5.22. The number of amides is 1. The topological polar surface area (TPSA) is 77.4 Å². The second-order valence-corrected chi connectivity index (χ2v) is 6.89. The Hall–Kier alpha value is -2.54. The second kappa shape index (κ2) is 7.37. The summed E-state index contributed by atoms with van der Waals surface area (Å²) in [5.74, 6) is 0.541. The van der Waals surface area contributed by atoms with Gasteiger partial charge >= 0.3 is 0 Å². The molecule has 4 heterocycles. The fourth-order valence-electron chi connectivity index (χ4n) is 3.90. The summed E-state index contributed by atoms with van der Waals surface area (Å²) in [5, 5.41) is 0. The van der Waals surface area contributed by atoms with Gasteiger partial charge in [0.2, 0.25) is 5.88 Å². The van der Waals surface area contributed by atoms with Gasteiger partial charge in [0.25, 0.3) is 5.91 Å². The van der Waals surface area contributed by atoms with Crippen LogP contribution in [0.15, 0.2) is 43.0 Å².